The zero-order valence-corrected chi connectivity index (χ0v) is 9.84. The fourth-order valence-corrected chi connectivity index (χ4v) is 2.73. The maximum atomic E-state index is 4.47. The number of rotatable bonds is 1. The molecule has 14 heavy (non-hydrogen) atoms. The minimum Gasteiger partial charge on any atom is -0.303 e. The molecule has 3 nitrogen and oxygen atoms in total. The third-order valence-electron chi connectivity index (χ3n) is 2.78. The molecule has 2 rings (SSSR count). The molecule has 1 atom stereocenters. The molecule has 0 aromatic carbocycles. The molecule has 78 valence electrons. The highest BCUT2D eigenvalue weighted by molar-refractivity contribution is 7.11. The molecule has 0 amide bonds. The molecule has 1 aliphatic rings. The average molecular weight is 211 g/mol. The lowest BCUT2D eigenvalue weighted by molar-refractivity contribution is 0.115. The number of nitrogens with zero attached hydrogens (tertiary/aromatic N) is 3. The number of hydrogen-bond donors (Lipinski definition) is 0. The quantitative estimate of drug-likeness (QED) is 0.699. The normalized spacial score (nSPS) is 25.5. The minimum absolute atomic E-state index is 0.493. The Bertz CT molecular complexity index is 310. The summed E-state index contributed by atoms with van der Waals surface area (Å²) in [6.45, 7) is 5.52. The van der Waals surface area contributed by atoms with Crippen LogP contribution >= 0.6 is 11.3 Å². The van der Waals surface area contributed by atoms with Crippen molar-refractivity contribution >= 4 is 11.3 Å². The summed E-state index contributed by atoms with van der Waals surface area (Å²) in [5.74, 6) is 0. The van der Waals surface area contributed by atoms with E-state index in [1.165, 1.54) is 9.88 Å². The summed E-state index contributed by atoms with van der Waals surface area (Å²) in [4.78, 5) is 10.6. The fourth-order valence-electron chi connectivity index (χ4n) is 1.80. The number of aryl methyl sites for hydroxylation is 1. The molecule has 4 heteroatoms. The van der Waals surface area contributed by atoms with Crippen LogP contribution in [-0.4, -0.2) is 48.5 Å². The maximum Gasteiger partial charge on any atom is 0.111 e. The van der Waals surface area contributed by atoms with Gasteiger partial charge in [-0.15, -0.1) is 11.3 Å². The second-order valence-corrected chi connectivity index (χ2v) is 5.33. The molecule has 2 heterocycles. The molecule has 0 aliphatic carbocycles. The maximum absolute atomic E-state index is 4.47. The standard InChI is InChI=1S/C10H17N3S/c1-8-6-11-10(14-8)9-7-12(2)4-5-13(9)3/h6,9H,4-5,7H2,1-3H3. The first-order valence-electron chi connectivity index (χ1n) is 4.98. The first-order valence-corrected chi connectivity index (χ1v) is 5.79. The molecule has 1 fully saturated rings. The van der Waals surface area contributed by atoms with Crippen molar-refractivity contribution in [3.8, 4) is 0 Å². The van der Waals surface area contributed by atoms with Crippen LogP contribution in [0.4, 0.5) is 0 Å². The Morgan fingerprint density at radius 3 is 2.86 bits per heavy atom. The Balaban J connectivity index is 2.15. The van der Waals surface area contributed by atoms with Crippen LogP contribution in [0.5, 0.6) is 0 Å². The molecule has 0 N–H and O–H groups in total. The van der Waals surface area contributed by atoms with Crippen molar-refractivity contribution in [1.29, 1.82) is 0 Å². The summed E-state index contributed by atoms with van der Waals surface area (Å²) in [6.07, 6.45) is 1.97. The van der Waals surface area contributed by atoms with Crippen molar-refractivity contribution in [3.05, 3.63) is 16.1 Å². The van der Waals surface area contributed by atoms with E-state index in [9.17, 15) is 0 Å². The lowest BCUT2D eigenvalue weighted by Gasteiger charge is -2.36. The van der Waals surface area contributed by atoms with Gasteiger partial charge in [0.15, 0.2) is 0 Å². The number of thiazole rings is 1. The third kappa shape index (κ3) is 1.97. The summed E-state index contributed by atoms with van der Waals surface area (Å²) in [7, 11) is 4.37. The molecule has 1 unspecified atom stereocenters. The predicted molar refractivity (Wildman–Crippen MR) is 59.7 cm³/mol. The molecule has 0 radical (unpaired) electrons. The molecule has 0 bridgehead atoms. The summed E-state index contributed by atoms with van der Waals surface area (Å²) in [6, 6.07) is 0.493. The van der Waals surface area contributed by atoms with Crippen LogP contribution < -0.4 is 0 Å². The molecule has 0 spiro atoms. The Morgan fingerprint density at radius 1 is 1.43 bits per heavy atom. The van der Waals surface area contributed by atoms with Gasteiger partial charge in [-0.1, -0.05) is 0 Å². The monoisotopic (exact) mass is 211 g/mol. The third-order valence-corrected chi connectivity index (χ3v) is 3.79. The Labute approximate surface area is 89.4 Å². The highest BCUT2D eigenvalue weighted by atomic mass is 32.1. The predicted octanol–water partition coefficient (Wildman–Crippen LogP) is 1.37. The lowest BCUT2D eigenvalue weighted by atomic mass is 10.2. The van der Waals surface area contributed by atoms with E-state index in [0.717, 1.165) is 19.6 Å². The van der Waals surface area contributed by atoms with E-state index in [1.54, 1.807) is 0 Å². The van der Waals surface area contributed by atoms with Crippen LogP contribution in [0, 0.1) is 6.92 Å². The summed E-state index contributed by atoms with van der Waals surface area (Å²) < 4.78 is 0. The lowest BCUT2D eigenvalue weighted by Crippen LogP contribution is -2.44. The van der Waals surface area contributed by atoms with Gasteiger partial charge in [0.25, 0.3) is 0 Å². The average Bonchev–Trinajstić information content (AvgIpc) is 2.56. The largest absolute Gasteiger partial charge is 0.303 e. The molecule has 0 saturated carbocycles. The van der Waals surface area contributed by atoms with Gasteiger partial charge in [0.05, 0.1) is 6.04 Å². The van der Waals surface area contributed by atoms with Crippen molar-refractivity contribution in [1.82, 2.24) is 14.8 Å². The Hall–Kier alpha value is -0.450. The first kappa shape index (κ1) is 10.1. The van der Waals surface area contributed by atoms with E-state index in [0.29, 0.717) is 6.04 Å². The van der Waals surface area contributed by atoms with Gasteiger partial charge in [-0.3, -0.25) is 4.90 Å². The van der Waals surface area contributed by atoms with Crippen LogP contribution in [0.3, 0.4) is 0 Å². The van der Waals surface area contributed by atoms with Crippen LogP contribution in [0.15, 0.2) is 6.20 Å². The van der Waals surface area contributed by atoms with E-state index in [2.05, 4.69) is 35.8 Å². The molecular formula is C10H17N3S. The zero-order valence-electron chi connectivity index (χ0n) is 9.03. The van der Waals surface area contributed by atoms with Crippen molar-refractivity contribution < 1.29 is 0 Å². The first-order chi connectivity index (χ1) is 6.66. The number of aromatic nitrogens is 1. The molecule has 1 aromatic rings. The van der Waals surface area contributed by atoms with Crippen molar-refractivity contribution in [2.24, 2.45) is 0 Å². The molecular weight excluding hydrogens is 194 g/mol. The van der Waals surface area contributed by atoms with Gasteiger partial charge in [-0.25, -0.2) is 4.98 Å². The number of hydrogen-bond acceptors (Lipinski definition) is 4. The SMILES string of the molecule is Cc1cnc(C2CN(C)CCN2C)s1. The zero-order chi connectivity index (χ0) is 10.1. The fraction of sp³-hybridized carbons (Fsp3) is 0.700. The van der Waals surface area contributed by atoms with Gasteiger partial charge >= 0.3 is 0 Å². The van der Waals surface area contributed by atoms with E-state index in [-0.39, 0.29) is 0 Å². The smallest absolute Gasteiger partial charge is 0.111 e. The van der Waals surface area contributed by atoms with E-state index < -0.39 is 0 Å². The van der Waals surface area contributed by atoms with Gasteiger partial charge < -0.3 is 4.90 Å². The van der Waals surface area contributed by atoms with Crippen molar-refractivity contribution in [3.63, 3.8) is 0 Å². The summed E-state index contributed by atoms with van der Waals surface area (Å²) in [5.41, 5.74) is 0. The Kier molecular flexibility index (Phi) is 2.85. The van der Waals surface area contributed by atoms with E-state index >= 15 is 0 Å². The van der Waals surface area contributed by atoms with Crippen molar-refractivity contribution in [2.45, 2.75) is 13.0 Å². The van der Waals surface area contributed by atoms with E-state index in [4.69, 9.17) is 0 Å². The minimum atomic E-state index is 0.493. The van der Waals surface area contributed by atoms with E-state index in [1.807, 2.05) is 17.5 Å². The van der Waals surface area contributed by atoms with Crippen molar-refractivity contribution in [2.75, 3.05) is 33.7 Å². The summed E-state index contributed by atoms with van der Waals surface area (Å²) >= 11 is 1.82. The van der Waals surface area contributed by atoms with Gasteiger partial charge in [-0.2, -0.15) is 0 Å². The van der Waals surface area contributed by atoms with Gasteiger partial charge in [-0.05, 0) is 21.0 Å². The summed E-state index contributed by atoms with van der Waals surface area (Å²) in [5, 5.41) is 1.26. The van der Waals surface area contributed by atoms with Crippen LogP contribution in [-0.2, 0) is 0 Å². The van der Waals surface area contributed by atoms with Crippen LogP contribution in [0.2, 0.25) is 0 Å². The topological polar surface area (TPSA) is 19.4 Å². The van der Waals surface area contributed by atoms with Gasteiger partial charge in [0.1, 0.15) is 5.01 Å². The van der Waals surface area contributed by atoms with Crippen LogP contribution in [0.25, 0.3) is 0 Å². The van der Waals surface area contributed by atoms with Gasteiger partial charge in [0.2, 0.25) is 0 Å². The van der Waals surface area contributed by atoms with Gasteiger partial charge in [0, 0.05) is 30.7 Å². The molecule has 1 aromatic heterocycles. The number of likely N-dealkylation sites (N-methyl/N-ethyl adjacent to an activating group) is 2. The second-order valence-electron chi connectivity index (χ2n) is 4.07. The number of piperazine rings is 1. The highest BCUT2D eigenvalue weighted by Crippen LogP contribution is 2.26. The highest BCUT2D eigenvalue weighted by Gasteiger charge is 2.25. The molecule has 1 saturated heterocycles. The van der Waals surface area contributed by atoms with Crippen LogP contribution in [0.1, 0.15) is 15.9 Å². The second kappa shape index (κ2) is 3.96. The molecule has 1 aliphatic heterocycles. The Morgan fingerprint density at radius 2 is 2.21 bits per heavy atom.